The van der Waals surface area contributed by atoms with Crippen molar-refractivity contribution in [1.82, 2.24) is 0 Å². The summed E-state index contributed by atoms with van der Waals surface area (Å²) >= 11 is 6.53. The predicted molar refractivity (Wildman–Crippen MR) is 90.9 cm³/mol. The van der Waals surface area contributed by atoms with Crippen LogP contribution in [0.1, 0.15) is 5.56 Å². The lowest BCUT2D eigenvalue weighted by molar-refractivity contribution is -0.137. The van der Waals surface area contributed by atoms with Crippen LogP contribution in [0, 0.1) is 0 Å². The van der Waals surface area contributed by atoms with Crippen molar-refractivity contribution in [2.24, 2.45) is 4.99 Å². The zero-order chi connectivity index (χ0) is 18.4. The van der Waals surface area contributed by atoms with Crippen LogP contribution in [0.15, 0.2) is 29.3 Å². The normalized spacial score (nSPS) is 26.9. The SMILES string of the molecule is O=C(CCl)N=C1SC2CS(=O)(=O)CC2N1c1cccc(C(F)(F)F)c1. The standard InChI is InChI=1S/C14H12ClF3N2O3S2/c15-5-12(21)19-13-20(10-6-25(22,23)7-11(10)24-13)9-3-1-2-8(4-9)14(16,17)18/h1-4,10-11H,5-7H2. The number of aliphatic imine (C=N–C) groups is 1. The molecule has 1 aromatic carbocycles. The molecular weight excluding hydrogens is 401 g/mol. The van der Waals surface area contributed by atoms with Crippen molar-refractivity contribution in [2.45, 2.75) is 17.5 Å². The number of nitrogens with zero attached hydrogens (tertiary/aromatic N) is 2. The monoisotopic (exact) mass is 412 g/mol. The first-order chi connectivity index (χ1) is 11.6. The highest BCUT2D eigenvalue weighted by molar-refractivity contribution is 8.16. The summed E-state index contributed by atoms with van der Waals surface area (Å²) in [6.07, 6.45) is -4.53. The van der Waals surface area contributed by atoms with E-state index < -0.39 is 33.5 Å². The van der Waals surface area contributed by atoms with Crippen molar-refractivity contribution < 1.29 is 26.4 Å². The van der Waals surface area contributed by atoms with Gasteiger partial charge < -0.3 is 4.90 Å². The van der Waals surface area contributed by atoms with E-state index in [2.05, 4.69) is 4.99 Å². The molecule has 0 aliphatic carbocycles. The number of alkyl halides is 4. The number of amides is 1. The highest BCUT2D eigenvalue weighted by atomic mass is 35.5. The Bertz CT molecular complexity index is 842. The van der Waals surface area contributed by atoms with Crippen LogP contribution < -0.4 is 4.90 Å². The summed E-state index contributed by atoms with van der Waals surface area (Å²) in [6, 6.07) is 3.95. The maximum atomic E-state index is 13.0. The van der Waals surface area contributed by atoms with Crippen LogP contribution in [-0.2, 0) is 20.8 Å². The molecule has 2 atom stereocenters. The second-order valence-corrected chi connectivity index (χ2v) is 9.27. The van der Waals surface area contributed by atoms with Crippen molar-refractivity contribution in [2.75, 3.05) is 22.3 Å². The summed E-state index contributed by atoms with van der Waals surface area (Å²) in [5.41, 5.74) is -0.713. The Morgan fingerprint density at radius 1 is 1.36 bits per heavy atom. The van der Waals surface area contributed by atoms with E-state index in [4.69, 9.17) is 11.6 Å². The van der Waals surface area contributed by atoms with Gasteiger partial charge >= 0.3 is 6.18 Å². The van der Waals surface area contributed by atoms with Crippen molar-refractivity contribution in [1.29, 1.82) is 0 Å². The summed E-state index contributed by atoms with van der Waals surface area (Å²) in [6.45, 7) is 0. The number of benzene rings is 1. The maximum Gasteiger partial charge on any atom is 0.416 e. The number of rotatable bonds is 2. The maximum absolute atomic E-state index is 13.0. The van der Waals surface area contributed by atoms with Gasteiger partial charge in [-0.25, -0.2) is 8.42 Å². The van der Waals surface area contributed by atoms with E-state index in [0.717, 1.165) is 23.9 Å². The Morgan fingerprint density at radius 2 is 2.08 bits per heavy atom. The van der Waals surface area contributed by atoms with Gasteiger partial charge in [0.1, 0.15) is 5.88 Å². The first-order valence-electron chi connectivity index (χ1n) is 7.12. The van der Waals surface area contributed by atoms with E-state index in [1.807, 2.05) is 0 Å². The second-order valence-electron chi connectivity index (χ2n) is 5.64. The van der Waals surface area contributed by atoms with Crippen LogP contribution in [-0.4, -0.2) is 48.2 Å². The minimum absolute atomic E-state index is 0.105. The molecule has 0 N–H and O–H groups in total. The molecule has 25 heavy (non-hydrogen) atoms. The molecule has 2 heterocycles. The molecule has 0 bridgehead atoms. The topological polar surface area (TPSA) is 66.8 Å². The fourth-order valence-electron chi connectivity index (χ4n) is 2.84. The third-order valence-electron chi connectivity index (χ3n) is 3.85. The minimum Gasteiger partial charge on any atom is -0.316 e. The molecule has 0 radical (unpaired) electrons. The van der Waals surface area contributed by atoms with Crippen LogP contribution in [0.4, 0.5) is 18.9 Å². The summed E-state index contributed by atoms with van der Waals surface area (Å²) < 4.78 is 62.7. The van der Waals surface area contributed by atoms with Gasteiger partial charge in [0.05, 0.1) is 23.1 Å². The van der Waals surface area contributed by atoms with Crippen LogP contribution in [0.5, 0.6) is 0 Å². The number of anilines is 1. The molecule has 2 fully saturated rings. The fraction of sp³-hybridized carbons (Fsp3) is 0.429. The number of hydrogen-bond donors (Lipinski definition) is 0. The molecule has 2 unspecified atom stereocenters. The molecule has 3 rings (SSSR count). The third kappa shape index (κ3) is 3.80. The van der Waals surface area contributed by atoms with Crippen molar-refractivity contribution in [3.05, 3.63) is 29.8 Å². The lowest BCUT2D eigenvalue weighted by atomic mass is 10.1. The molecule has 0 aromatic heterocycles. The number of halogens is 4. The molecule has 2 aliphatic rings. The van der Waals surface area contributed by atoms with Crippen LogP contribution in [0.3, 0.4) is 0 Å². The van der Waals surface area contributed by atoms with Gasteiger partial charge in [0, 0.05) is 10.9 Å². The summed E-state index contributed by atoms with van der Waals surface area (Å²) in [5, 5.41) is -0.212. The first kappa shape index (κ1) is 18.5. The lowest BCUT2D eigenvalue weighted by Crippen LogP contribution is -2.37. The fourth-order valence-corrected chi connectivity index (χ4v) is 6.83. The number of fused-ring (bicyclic) bond motifs is 1. The van der Waals surface area contributed by atoms with E-state index in [1.165, 1.54) is 17.0 Å². The van der Waals surface area contributed by atoms with Gasteiger partial charge in [-0.3, -0.25) is 4.79 Å². The molecule has 2 saturated heterocycles. The zero-order valence-corrected chi connectivity index (χ0v) is 14.9. The quantitative estimate of drug-likeness (QED) is 0.698. The van der Waals surface area contributed by atoms with E-state index in [9.17, 15) is 26.4 Å². The second kappa shape index (κ2) is 6.48. The number of amidine groups is 1. The summed E-state index contributed by atoms with van der Waals surface area (Å²) in [7, 11) is -3.29. The molecule has 0 spiro atoms. The summed E-state index contributed by atoms with van der Waals surface area (Å²) in [4.78, 5) is 16.8. The molecule has 11 heteroatoms. The lowest BCUT2D eigenvalue weighted by Gasteiger charge is -2.25. The molecule has 136 valence electrons. The van der Waals surface area contributed by atoms with Crippen molar-refractivity contribution in [3.63, 3.8) is 0 Å². The van der Waals surface area contributed by atoms with E-state index >= 15 is 0 Å². The van der Waals surface area contributed by atoms with Gasteiger partial charge in [-0.1, -0.05) is 17.8 Å². The highest BCUT2D eigenvalue weighted by Gasteiger charge is 2.49. The molecule has 1 aromatic rings. The molecule has 0 saturated carbocycles. The Labute approximate surface area is 151 Å². The van der Waals surface area contributed by atoms with Crippen LogP contribution in [0.2, 0.25) is 0 Å². The number of sulfone groups is 1. The number of thioether (sulfide) groups is 1. The Hall–Kier alpha value is -1.26. The number of hydrogen-bond acceptors (Lipinski definition) is 4. The van der Waals surface area contributed by atoms with Crippen molar-refractivity contribution >= 4 is 50.0 Å². The van der Waals surface area contributed by atoms with E-state index in [0.29, 0.717) is 0 Å². The molecule has 5 nitrogen and oxygen atoms in total. The Morgan fingerprint density at radius 3 is 2.72 bits per heavy atom. The Kier molecular flexibility index (Phi) is 4.80. The molecule has 2 aliphatic heterocycles. The number of carbonyl (C=O) groups excluding carboxylic acids is 1. The van der Waals surface area contributed by atoms with E-state index in [1.54, 1.807) is 0 Å². The molecular formula is C14H12ClF3N2O3S2. The summed E-state index contributed by atoms with van der Waals surface area (Å²) in [5.74, 6) is -1.31. The zero-order valence-electron chi connectivity index (χ0n) is 12.5. The average Bonchev–Trinajstić information content (AvgIpc) is 2.97. The van der Waals surface area contributed by atoms with Gasteiger partial charge in [-0.15, -0.1) is 11.6 Å². The van der Waals surface area contributed by atoms with Crippen molar-refractivity contribution in [3.8, 4) is 0 Å². The molecule has 1 amide bonds. The highest BCUT2D eigenvalue weighted by Crippen LogP contribution is 2.42. The van der Waals surface area contributed by atoms with Gasteiger partial charge in [-0.05, 0) is 18.2 Å². The average molecular weight is 413 g/mol. The predicted octanol–water partition coefficient (Wildman–Crippen LogP) is 2.55. The smallest absolute Gasteiger partial charge is 0.316 e. The third-order valence-corrected chi connectivity index (χ3v) is 7.29. The Balaban J connectivity index is 2.05. The van der Waals surface area contributed by atoms with Gasteiger partial charge in [0.15, 0.2) is 15.0 Å². The van der Waals surface area contributed by atoms with Gasteiger partial charge in [-0.2, -0.15) is 18.2 Å². The largest absolute Gasteiger partial charge is 0.416 e. The minimum atomic E-state index is -4.53. The van der Waals surface area contributed by atoms with Crippen LogP contribution >= 0.6 is 23.4 Å². The van der Waals surface area contributed by atoms with Gasteiger partial charge in [0.2, 0.25) is 0 Å². The van der Waals surface area contributed by atoms with Crippen LogP contribution in [0.25, 0.3) is 0 Å². The van der Waals surface area contributed by atoms with Gasteiger partial charge in [0.25, 0.3) is 5.91 Å². The number of carbonyl (C=O) groups is 1. The van der Waals surface area contributed by atoms with E-state index in [-0.39, 0.29) is 33.5 Å². The first-order valence-corrected chi connectivity index (χ1v) is 10.4.